The lowest BCUT2D eigenvalue weighted by Crippen LogP contribution is -2.19. The van der Waals surface area contributed by atoms with Gasteiger partial charge < -0.3 is 4.90 Å². The van der Waals surface area contributed by atoms with E-state index in [4.69, 9.17) is 5.84 Å². The lowest BCUT2D eigenvalue weighted by molar-refractivity contribution is -0.141. The SMILES string of the molecule is CN(C)c1cc(C(F)(F)F)nc(NN)n1. The molecule has 0 amide bonds. The summed E-state index contributed by atoms with van der Waals surface area (Å²) < 4.78 is 37.1. The maximum atomic E-state index is 12.4. The number of aromatic nitrogens is 2. The zero-order valence-corrected chi connectivity index (χ0v) is 8.13. The van der Waals surface area contributed by atoms with Crippen molar-refractivity contribution >= 4 is 11.8 Å². The fraction of sp³-hybridized carbons (Fsp3) is 0.429. The average Bonchev–Trinajstić information content (AvgIpc) is 2.15. The molecule has 0 atom stereocenters. The van der Waals surface area contributed by atoms with Crippen molar-refractivity contribution in [2.45, 2.75) is 6.18 Å². The number of hydrogen-bond donors (Lipinski definition) is 2. The van der Waals surface area contributed by atoms with Crippen LogP contribution in [0, 0.1) is 0 Å². The van der Waals surface area contributed by atoms with Crippen LogP contribution in [0.4, 0.5) is 24.9 Å². The van der Waals surface area contributed by atoms with Gasteiger partial charge in [-0.25, -0.2) is 10.8 Å². The highest BCUT2D eigenvalue weighted by Gasteiger charge is 2.33. The van der Waals surface area contributed by atoms with E-state index in [9.17, 15) is 13.2 Å². The number of hydrogen-bond acceptors (Lipinski definition) is 5. The summed E-state index contributed by atoms with van der Waals surface area (Å²) in [5.74, 6) is 4.83. The molecule has 0 aromatic carbocycles. The Morgan fingerprint density at radius 3 is 2.33 bits per heavy atom. The first-order valence-electron chi connectivity index (χ1n) is 3.95. The number of nitrogens with two attached hydrogens (primary N) is 1. The molecule has 15 heavy (non-hydrogen) atoms. The summed E-state index contributed by atoms with van der Waals surface area (Å²) in [6.07, 6.45) is -4.51. The third-order valence-electron chi connectivity index (χ3n) is 1.59. The highest BCUT2D eigenvalue weighted by atomic mass is 19.4. The molecule has 0 saturated carbocycles. The van der Waals surface area contributed by atoms with E-state index in [1.165, 1.54) is 4.90 Å². The van der Waals surface area contributed by atoms with Crippen molar-refractivity contribution in [2.75, 3.05) is 24.4 Å². The molecule has 1 aromatic rings. The number of anilines is 2. The van der Waals surface area contributed by atoms with Crippen LogP contribution in [0.15, 0.2) is 6.07 Å². The molecule has 0 aliphatic rings. The number of halogens is 3. The van der Waals surface area contributed by atoms with Crippen LogP contribution in [0.3, 0.4) is 0 Å². The summed E-state index contributed by atoms with van der Waals surface area (Å²) in [5.41, 5.74) is 0.953. The van der Waals surface area contributed by atoms with Crippen LogP contribution in [-0.4, -0.2) is 24.1 Å². The number of nitrogens with zero attached hydrogens (tertiary/aromatic N) is 3. The van der Waals surface area contributed by atoms with Crippen molar-refractivity contribution in [2.24, 2.45) is 5.84 Å². The van der Waals surface area contributed by atoms with E-state index in [1.54, 1.807) is 14.1 Å². The van der Waals surface area contributed by atoms with Crippen LogP contribution < -0.4 is 16.2 Å². The molecular weight excluding hydrogens is 211 g/mol. The van der Waals surface area contributed by atoms with Crippen LogP contribution in [0.25, 0.3) is 0 Å². The standard InChI is InChI=1S/C7H10F3N5/c1-15(2)5-3-4(7(8,9)10)12-6(13-5)14-11/h3H,11H2,1-2H3,(H,12,13,14). The van der Waals surface area contributed by atoms with Gasteiger partial charge in [0.25, 0.3) is 0 Å². The smallest absolute Gasteiger partial charge is 0.363 e. The predicted molar refractivity (Wildman–Crippen MR) is 49.2 cm³/mol. The van der Waals surface area contributed by atoms with Gasteiger partial charge in [0.2, 0.25) is 5.95 Å². The first-order chi connectivity index (χ1) is 6.84. The minimum absolute atomic E-state index is 0.130. The average molecular weight is 221 g/mol. The molecule has 0 aliphatic carbocycles. The van der Waals surface area contributed by atoms with Gasteiger partial charge in [-0.05, 0) is 0 Å². The molecule has 84 valence electrons. The Labute approximate surface area is 84.1 Å². The molecule has 0 saturated heterocycles. The maximum Gasteiger partial charge on any atom is 0.433 e. The summed E-state index contributed by atoms with van der Waals surface area (Å²) in [7, 11) is 3.14. The Hall–Kier alpha value is -1.57. The summed E-state index contributed by atoms with van der Waals surface area (Å²) in [6.45, 7) is 0. The monoisotopic (exact) mass is 221 g/mol. The lowest BCUT2D eigenvalue weighted by atomic mass is 10.3. The molecule has 0 fully saturated rings. The number of rotatable bonds is 2. The third kappa shape index (κ3) is 2.69. The van der Waals surface area contributed by atoms with Crippen molar-refractivity contribution < 1.29 is 13.2 Å². The molecule has 0 spiro atoms. The molecular formula is C7H10F3N5. The van der Waals surface area contributed by atoms with Crippen molar-refractivity contribution in [3.8, 4) is 0 Å². The van der Waals surface area contributed by atoms with E-state index < -0.39 is 11.9 Å². The van der Waals surface area contributed by atoms with Gasteiger partial charge in [0.05, 0.1) is 0 Å². The summed E-state index contributed by atoms with van der Waals surface area (Å²) in [4.78, 5) is 8.38. The van der Waals surface area contributed by atoms with Gasteiger partial charge in [-0.3, -0.25) is 5.43 Å². The highest BCUT2D eigenvalue weighted by Crippen LogP contribution is 2.29. The molecule has 8 heteroatoms. The molecule has 0 aliphatic heterocycles. The number of nitrogen functional groups attached to an aromatic ring is 1. The maximum absolute atomic E-state index is 12.4. The van der Waals surface area contributed by atoms with Gasteiger partial charge >= 0.3 is 6.18 Å². The summed E-state index contributed by atoms with van der Waals surface area (Å²) in [6, 6.07) is 0.848. The van der Waals surface area contributed by atoms with Gasteiger partial charge in [0.1, 0.15) is 5.82 Å². The molecule has 0 unspecified atom stereocenters. The van der Waals surface area contributed by atoms with E-state index >= 15 is 0 Å². The molecule has 3 N–H and O–H groups in total. The van der Waals surface area contributed by atoms with Gasteiger partial charge in [-0.1, -0.05) is 0 Å². The molecule has 5 nitrogen and oxygen atoms in total. The zero-order chi connectivity index (χ0) is 11.6. The quantitative estimate of drug-likeness (QED) is 0.572. The first kappa shape index (κ1) is 11.5. The Bertz CT molecular complexity index is 349. The van der Waals surface area contributed by atoms with E-state index in [0.717, 1.165) is 6.07 Å². The van der Waals surface area contributed by atoms with Gasteiger partial charge in [0.15, 0.2) is 5.69 Å². The molecule has 1 heterocycles. The Kier molecular flexibility index (Phi) is 2.98. The van der Waals surface area contributed by atoms with Gasteiger partial charge in [-0.2, -0.15) is 18.2 Å². The van der Waals surface area contributed by atoms with Crippen molar-refractivity contribution in [1.29, 1.82) is 0 Å². The number of alkyl halides is 3. The van der Waals surface area contributed by atoms with Crippen LogP contribution in [0.1, 0.15) is 5.69 Å². The van der Waals surface area contributed by atoms with Crippen molar-refractivity contribution in [3.05, 3.63) is 11.8 Å². The second kappa shape index (κ2) is 3.89. The summed E-state index contributed by atoms with van der Waals surface area (Å²) in [5, 5.41) is 0. The molecule has 1 aromatic heterocycles. The molecule has 0 radical (unpaired) electrons. The van der Waals surface area contributed by atoms with Gasteiger partial charge in [-0.15, -0.1) is 0 Å². The predicted octanol–water partition coefficient (Wildman–Crippen LogP) is 0.847. The summed E-state index contributed by atoms with van der Waals surface area (Å²) >= 11 is 0. The van der Waals surface area contributed by atoms with E-state index in [1.807, 2.05) is 5.43 Å². The molecule has 0 bridgehead atoms. The van der Waals surface area contributed by atoms with E-state index in [2.05, 4.69) is 9.97 Å². The van der Waals surface area contributed by atoms with E-state index in [0.29, 0.717) is 0 Å². The Morgan fingerprint density at radius 1 is 1.33 bits per heavy atom. The van der Waals surface area contributed by atoms with E-state index in [-0.39, 0.29) is 11.8 Å². The zero-order valence-electron chi connectivity index (χ0n) is 8.13. The third-order valence-corrected chi connectivity index (χ3v) is 1.59. The van der Waals surface area contributed by atoms with Crippen molar-refractivity contribution in [3.63, 3.8) is 0 Å². The Morgan fingerprint density at radius 2 is 1.93 bits per heavy atom. The minimum atomic E-state index is -4.51. The fourth-order valence-electron chi connectivity index (χ4n) is 0.873. The second-order valence-electron chi connectivity index (χ2n) is 2.97. The van der Waals surface area contributed by atoms with Gasteiger partial charge in [0, 0.05) is 20.2 Å². The lowest BCUT2D eigenvalue weighted by Gasteiger charge is -2.14. The molecule has 1 rings (SSSR count). The van der Waals surface area contributed by atoms with Crippen molar-refractivity contribution in [1.82, 2.24) is 9.97 Å². The first-order valence-corrected chi connectivity index (χ1v) is 3.95. The second-order valence-corrected chi connectivity index (χ2v) is 2.97. The largest absolute Gasteiger partial charge is 0.433 e. The van der Waals surface area contributed by atoms with Crippen LogP contribution in [-0.2, 0) is 6.18 Å². The Balaban J connectivity index is 3.23. The number of hydrazine groups is 1. The van der Waals surface area contributed by atoms with Crippen LogP contribution in [0.5, 0.6) is 0 Å². The number of nitrogens with one attached hydrogen (secondary N) is 1. The van der Waals surface area contributed by atoms with Crippen LogP contribution in [0.2, 0.25) is 0 Å². The topological polar surface area (TPSA) is 67.1 Å². The normalized spacial score (nSPS) is 11.3. The minimum Gasteiger partial charge on any atom is -0.363 e. The van der Waals surface area contributed by atoms with Crippen LogP contribution >= 0.6 is 0 Å². The highest BCUT2D eigenvalue weighted by molar-refractivity contribution is 5.43. The fourth-order valence-corrected chi connectivity index (χ4v) is 0.873.